The number of nitriles is 1. The van der Waals surface area contributed by atoms with Crippen LogP contribution in [0.5, 0.6) is 5.75 Å². The molecule has 4 aromatic rings. The van der Waals surface area contributed by atoms with Gasteiger partial charge in [0.2, 0.25) is 0 Å². The number of ether oxygens (including phenoxy) is 1. The van der Waals surface area contributed by atoms with Crippen LogP contribution >= 0.6 is 0 Å². The molecule has 0 saturated heterocycles. The number of hydrogen-bond acceptors (Lipinski definition) is 6. The van der Waals surface area contributed by atoms with Gasteiger partial charge in [0.15, 0.2) is 5.76 Å². The van der Waals surface area contributed by atoms with Gasteiger partial charge in [0.05, 0.1) is 24.6 Å². The zero-order valence-corrected chi connectivity index (χ0v) is 14.8. The van der Waals surface area contributed by atoms with Crippen molar-refractivity contribution < 1.29 is 9.26 Å². The number of nitrogens with zero attached hydrogens (tertiary/aromatic N) is 3. The van der Waals surface area contributed by atoms with Crippen molar-refractivity contribution in [1.29, 1.82) is 5.26 Å². The summed E-state index contributed by atoms with van der Waals surface area (Å²) in [5.74, 6) is 1.24. The lowest BCUT2D eigenvalue weighted by atomic mass is 10.1. The minimum atomic E-state index is -0.522. The molecule has 0 aliphatic heterocycles. The van der Waals surface area contributed by atoms with Crippen LogP contribution in [0.25, 0.3) is 22.2 Å². The summed E-state index contributed by atoms with van der Waals surface area (Å²) in [6, 6.07) is 13.8. The first-order valence-corrected chi connectivity index (χ1v) is 8.35. The van der Waals surface area contributed by atoms with E-state index in [9.17, 15) is 9.59 Å². The topological polar surface area (TPSA) is 114 Å². The smallest absolute Gasteiger partial charge is 0.266 e. The molecule has 8 heteroatoms. The highest BCUT2D eigenvalue weighted by atomic mass is 16.5. The second-order valence-corrected chi connectivity index (χ2v) is 6.11. The predicted molar refractivity (Wildman–Crippen MR) is 101 cm³/mol. The summed E-state index contributed by atoms with van der Waals surface area (Å²) in [7, 11) is 1.60. The summed E-state index contributed by atoms with van der Waals surface area (Å²) in [6.07, 6.45) is 1.56. The highest BCUT2D eigenvalue weighted by molar-refractivity contribution is 5.78. The molecule has 4 rings (SSSR count). The number of aromatic amines is 1. The van der Waals surface area contributed by atoms with E-state index in [1.807, 2.05) is 24.3 Å². The van der Waals surface area contributed by atoms with Crippen LogP contribution in [0.1, 0.15) is 11.3 Å². The lowest BCUT2D eigenvalue weighted by Gasteiger charge is -2.05. The fourth-order valence-corrected chi connectivity index (χ4v) is 2.90. The maximum absolute atomic E-state index is 12.7. The normalized spacial score (nSPS) is 10.7. The molecule has 0 bridgehead atoms. The van der Waals surface area contributed by atoms with E-state index in [2.05, 4.69) is 10.1 Å². The Kier molecular flexibility index (Phi) is 4.26. The zero-order valence-electron chi connectivity index (χ0n) is 14.8. The Bertz CT molecular complexity index is 1320. The van der Waals surface area contributed by atoms with Crippen molar-refractivity contribution >= 4 is 10.9 Å². The monoisotopic (exact) mass is 374 g/mol. The van der Waals surface area contributed by atoms with Gasteiger partial charge in [0.1, 0.15) is 23.1 Å². The van der Waals surface area contributed by atoms with Gasteiger partial charge in [-0.05, 0) is 36.4 Å². The lowest BCUT2D eigenvalue weighted by Crippen LogP contribution is -2.22. The minimum absolute atomic E-state index is 0.108. The second kappa shape index (κ2) is 6.89. The molecule has 1 N–H and O–H groups in total. The first kappa shape index (κ1) is 17.3. The molecule has 0 aliphatic carbocycles. The first-order chi connectivity index (χ1) is 13.6. The van der Waals surface area contributed by atoms with Crippen LogP contribution in [0.15, 0.2) is 62.8 Å². The Morgan fingerprint density at radius 3 is 2.71 bits per heavy atom. The fourth-order valence-electron chi connectivity index (χ4n) is 2.90. The van der Waals surface area contributed by atoms with Crippen molar-refractivity contribution in [2.75, 3.05) is 7.11 Å². The van der Waals surface area contributed by atoms with Gasteiger partial charge in [-0.2, -0.15) is 5.26 Å². The van der Waals surface area contributed by atoms with Gasteiger partial charge in [0.25, 0.3) is 11.1 Å². The van der Waals surface area contributed by atoms with Gasteiger partial charge in [-0.1, -0.05) is 5.16 Å². The molecule has 0 spiro atoms. The maximum Gasteiger partial charge on any atom is 0.266 e. The molecular weight excluding hydrogens is 360 g/mol. The van der Waals surface area contributed by atoms with Gasteiger partial charge in [0, 0.05) is 17.8 Å². The van der Waals surface area contributed by atoms with E-state index in [1.54, 1.807) is 31.5 Å². The summed E-state index contributed by atoms with van der Waals surface area (Å²) in [4.78, 5) is 27.0. The van der Waals surface area contributed by atoms with Crippen LogP contribution < -0.4 is 15.9 Å². The summed E-state index contributed by atoms with van der Waals surface area (Å²) in [5.41, 5.74) is 0.908. The van der Waals surface area contributed by atoms with Crippen LogP contribution in [0.2, 0.25) is 0 Å². The summed E-state index contributed by atoms with van der Waals surface area (Å²) >= 11 is 0. The van der Waals surface area contributed by atoms with Crippen molar-refractivity contribution in [3.05, 3.63) is 80.7 Å². The second-order valence-electron chi connectivity index (χ2n) is 6.11. The molecule has 0 saturated carbocycles. The van der Waals surface area contributed by atoms with Crippen LogP contribution in [-0.4, -0.2) is 21.8 Å². The first-order valence-electron chi connectivity index (χ1n) is 8.35. The van der Waals surface area contributed by atoms with Crippen molar-refractivity contribution in [3.63, 3.8) is 0 Å². The van der Waals surface area contributed by atoms with Gasteiger partial charge in [-0.3, -0.25) is 9.59 Å². The summed E-state index contributed by atoms with van der Waals surface area (Å²) in [5, 5.41) is 13.3. The molecule has 3 aromatic heterocycles. The maximum atomic E-state index is 12.7. The number of aromatic nitrogens is 3. The molecule has 0 atom stereocenters. The van der Waals surface area contributed by atoms with E-state index in [0.717, 1.165) is 11.3 Å². The molecule has 3 heterocycles. The number of nitrogens with one attached hydrogen (secondary N) is 1. The van der Waals surface area contributed by atoms with Gasteiger partial charge in [-0.25, -0.2) is 0 Å². The molecule has 0 aliphatic rings. The van der Waals surface area contributed by atoms with E-state index in [-0.39, 0.29) is 23.1 Å². The number of pyridine rings is 2. The highest BCUT2D eigenvalue weighted by Crippen LogP contribution is 2.22. The molecular formula is C20H14N4O4. The number of fused-ring (bicyclic) bond motifs is 1. The number of rotatable bonds is 4. The number of hydrogen-bond donors (Lipinski definition) is 1. The molecule has 0 unspecified atom stereocenters. The Morgan fingerprint density at radius 1 is 1.21 bits per heavy atom. The molecule has 1 aromatic carbocycles. The number of benzene rings is 1. The lowest BCUT2D eigenvalue weighted by molar-refractivity contribution is 0.377. The van der Waals surface area contributed by atoms with E-state index < -0.39 is 5.56 Å². The molecule has 0 radical (unpaired) electrons. The third-order valence-corrected chi connectivity index (χ3v) is 4.38. The number of methoxy groups -OCH3 is 1. The zero-order chi connectivity index (χ0) is 19.7. The van der Waals surface area contributed by atoms with Gasteiger partial charge < -0.3 is 18.8 Å². The average molecular weight is 374 g/mol. The standard InChI is InChI=1S/C20H14N4O4/c1-27-14-4-2-12(3-5-14)18-9-15(28-23-18)11-24-7-6-17-16(20(24)26)8-13(10-21)19(25)22-17/h2-9H,11H2,1H3,(H,22,25). The summed E-state index contributed by atoms with van der Waals surface area (Å²) in [6.45, 7) is 0.166. The molecule has 0 amide bonds. The molecule has 8 nitrogen and oxygen atoms in total. The van der Waals surface area contributed by atoms with E-state index in [1.165, 1.54) is 10.6 Å². The van der Waals surface area contributed by atoms with E-state index >= 15 is 0 Å². The van der Waals surface area contributed by atoms with Crippen molar-refractivity contribution in [2.45, 2.75) is 6.54 Å². The Morgan fingerprint density at radius 2 is 2.00 bits per heavy atom. The van der Waals surface area contributed by atoms with Crippen molar-refractivity contribution in [3.8, 4) is 23.1 Å². The summed E-state index contributed by atoms with van der Waals surface area (Å²) < 4.78 is 11.9. The van der Waals surface area contributed by atoms with E-state index in [0.29, 0.717) is 17.0 Å². The SMILES string of the molecule is COc1ccc(-c2cc(Cn3ccc4[nH]c(=O)c(C#N)cc4c3=O)on2)cc1. The van der Waals surface area contributed by atoms with Crippen LogP contribution in [0.3, 0.4) is 0 Å². The Hall–Kier alpha value is -4.12. The highest BCUT2D eigenvalue weighted by Gasteiger charge is 2.11. The van der Waals surface area contributed by atoms with Crippen LogP contribution in [0.4, 0.5) is 0 Å². The minimum Gasteiger partial charge on any atom is -0.497 e. The van der Waals surface area contributed by atoms with Crippen LogP contribution in [0, 0.1) is 11.3 Å². The third kappa shape index (κ3) is 3.05. The Balaban J connectivity index is 1.67. The third-order valence-electron chi connectivity index (χ3n) is 4.38. The fraction of sp³-hybridized carbons (Fsp3) is 0.100. The van der Waals surface area contributed by atoms with E-state index in [4.69, 9.17) is 14.5 Å². The average Bonchev–Trinajstić information content (AvgIpc) is 3.18. The largest absolute Gasteiger partial charge is 0.497 e. The Labute approximate surface area is 158 Å². The van der Waals surface area contributed by atoms with Gasteiger partial charge >= 0.3 is 0 Å². The quantitative estimate of drug-likeness (QED) is 0.586. The van der Waals surface area contributed by atoms with Gasteiger partial charge in [-0.15, -0.1) is 0 Å². The number of H-pyrrole nitrogens is 1. The molecule has 28 heavy (non-hydrogen) atoms. The molecule has 0 fully saturated rings. The predicted octanol–water partition coefficient (Wildman–Crippen LogP) is 2.27. The van der Waals surface area contributed by atoms with Crippen molar-refractivity contribution in [1.82, 2.24) is 14.7 Å². The molecule has 138 valence electrons. The van der Waals surface area contributed by atoms with Crippen LogP contribution in [-0.2, 0) is 6.54 Å². The van der Waals surface area contributed by atoms with Crippen molar-refractivity contribution in [2.24, 2.45) is 0 Å².